The van der Waals surface area contributed by atoms with Gasteiger partial charge in [0.25, 0.3) is 0 Å². The van der Waals surface area contributed by atoms with Crippen LogP contribution in [0.5, 0.6) is 11.5 Å². The number of carbonyl (C=O) groups is 1. The summed E-state index contributed by atoms with van der Waals surface area (Å²) in [5, 5.41) is 21.4. The van der Waals surface area contributed by atoms with E-state index in [-0.39, 0.29) is 28.7 Å². The normalized spacial score (nSPS) is 25.1. The van der Waals surface area contributed by atoms with E-state index in [1.807, 2.05) is 33.8 Å². The molecule has 0 radical (unpaired) electrons. The summed E-state index contributed by atoms with van der Waals surface area (Å²) in [7, 11) is 1.44. The third-order valence-corrected chi connectivity index (χ3v) is 6.61. The minimum Gasteiger partial charge on any atom is -0.504 e. The lowest BCUT2D eigenvalue weighted by atomic mass is 9.68. The summed E-state index contributed by atoms with van der Waals surface area (Å²) < 4.78 is 11.1. The van der Waals surface area contributed by atoms with Crippen molar-refractivity contribution in [1.82, 2.24) is 0 Å². The highest BCUT2D eigenvalue weighted by Gasteiger charge is 2.57. The molecule has 5 heteroatoms. The molecule has 1 aromatic rings. The van der Waals surface area contributed by atoms with Crippen LogP contribution in [0, 0.1) is 17.3 Å². The highest BCUT2D eigenvalue weighted by atomic mass is 16.5. The highest BCUT2D eigenvalue weighted by molar-refractivity contribution is 5.90. The number of rotatable bonds is 7. The summed E-state index contributed by atoms with van der Waals surface area (Å²) in [4.78, 5) is 13.0. The number of carbonyl (C=O) groups excluding carboxylic acids is 1. The summed E-state index contributed by atoms with van der Waals surface area (Å²) in [6.45, 7) is 12.3. The number of phenolic OH excluding ortho intramolecular Hbond substituents is 1. The van der Waals surface area contributed by atoms with E-state index in [4.69, 9.17) is 9.47 Å². The van der Waals surface area contributed by atoms with Crippen molar-refractivity contribution >= 4 is 5.97 Å². The van der Waals surface area contributed by atoms with Crippen LogP contribution >= 0.6 is 0 Å². The SMILES string of the molecule is CC=C(C)C[C@@H](OC(=O)c1ccc(O)c(OC)c1)[C@H]1C(C)(C)CC[C@@]1(O)C(C)C. The van der Waals surface area contributed by atoms with Gasteiger partial charge in [0.15, 0.2) is 11.5 Å². The molecule has 0 amide bonds. The second-order valence-corrected chi connectivity index (χ2v) is 9.28. The summed E-state index contributed by atoms with van der Waals surface area (Å²) >= 11 is 0. The van der Waals surface area contributed by atoms with E-state index in [0.29, 0.717) is 18.4 Å². The molecule has 0 bridgehead atoms. The van der Waals surface area contributed by atoms with Crippen LogP contribution in [0.25, 0.3) is 0 Å². The smallest absolute Gasteiger partial charge is 0.338 e. The molecule has 0 heterocycles. The average molecular weight is 405 g/mol. The fourth-order valence-electron chi connectivity index (χ4n) is 4.66. The first-order valence-electron chi connectivity index (χ1n) is 10.4. The molecule has 0 saturated heterocycles. The lowest BCUT2D eigenvalue weighted by Gasteiger charge is -2.43. The largest absolute Gasteiger partial charge is 0.504 e. The number of esters is 1. The Morgan fingerprint density at radius 1 is 1.31 bits per heavy atom. The van der Waals surface area contributed by atoms with Gasteiger partial charge in [0.05, 0.1) is 18.3 Å². The van der Waals surface area contributed by atoms with Crippen LogP contribution < -0.4 is 4.74 Å². The highest BCUT2D eigenvalue weighted by Crippen LogP contribution is 2.54. The van der Waals surface area contributed by atoms with E-state index in [2.05, 4.69) is 13.8 Å². The molecule has 1 fully saturated rings. The van der Waals surface area contributed by atoms with Gasteiger partial charge in [-0.05, 0) is 56.2 Å². The molecular weight excluding hydrogens is 368 g/mol. The molecule has 0 unspecified atom stereocenters. The topological polar surface area (TPSA) is 76.0 Å². The van der Waals surface area contributed by atoms with Crippen LogP contribution in [0.1, 0.15) is 71.2 Å². The molecule has 162 valence electrons. The predicted octanol–water partition coefficient (Wildman–Crippen LogP) is 5.11. The van der Waals surface area contributed by atoms with E-state index in [0.717, 1.165) is 12.0 Å². The Balaban J connectivity index is 2.41. The fourth-order valence-corrected chi connectivity index (χ4v) is 4.66. The Morgan fingerprint density at radius 3 is 2.52 bits per heavy atom. The molecule has 1 aliphatic rings. The average Bonchev–Trinajstić information content (AvgIpc) is 2.91. The second-order valence-electron chi connectivity index (χ2n) is 9.28. The molecular formula is C24H36O5. The minimum atomic E-state index is -0.894. The van der Waals surface area contributed by atoms with Crippen molar-refractivity contribution in [3.8, 4) is 11.5 Å². The molecule has 0 aliphatic heterocycles. The fraction of sp³-hybridized carbons (Fsp3) is 0.625. The van der Waals surface area contributed by atoms with Crippen molar-refractivity contribution in [1.29, 1.82) is 0 Å². The monoisotopic (exact) mass is 404 g/mol. The van der Waals surface area contributed by atoms with Gasteiger partial charge < -0.3 is 19.7 Å². The zero-order valence-corrected chi connectivity index (χ0v) is 18.8. The third-order valence-electron chi connectivity index (χ3n) is 6.61. The lowest BCUT2D eigenvalue weighted by Crippen LogP contribution is -2.50. The van der Waals surface area contributed by atoms with E-state index in [1.54, 1.807) is 0 Å². The van der Waals surface area contributed by atoms with Gasteiger partial charge in [-0.1, -0.05) is 39.3 Å². The maximum absolute atomic E-state index is 13.0. The number of allylic oxidation sites excluding steroid dienone is 1. The molecule has 1 saturated carbocycles. The molecule has 2 rings (SSSR count). The Kier molecular flexibility index (Phi) is 7.05. The quantitative estimate of drug-likeness (QED) is 0.488. The molecule has 5 nitrogen and oxygen atoms in total. The van der Waals surface area contributed by atoms with Crippen LogP contribution in [-0.2, 0) is 4.74 Å². The van der Waals surface area contributed by atoms with E-state index in [9.17, 15) is 15.0 Å². The standard InChI is InChI=1S/C24H36O5/c1-8-16(4)13-20(21-23(5,6)11-12-24(21,27)15(2)3)29-22(26)17-9-10-18(25)19(14-17)28-7/h8-10,14-15,20-21,25,27H,11-13H2,1-7H3/t20-,21+,24-/m1/s1. The van der Waals surface area contributed by atoms with Gasteiger partial charge in [-0.25, -0.2) is 4.79 Å². The third kappa shape index (κ3) is 4.77. The number of aliphatic hydroxyl groups is 1. The summed E-state index contributed by atoms with van der Waals surface area (Å²) in [6.07, 6.45) is 3.70. The Hall–Kier alpha value is -2.01. The Bertz CT molecular complexity index is 765. The first kappa shape index (κ1) is 23.3. The van der Waals surface area contributed by atoms with Crippen molar-refractivity contribution in [2.75, 3.05) is 7.11 Å². The van der Waals surface area contributed by atoms with Gasteiger partial charge in [-0.3, -0.25) is 0 Å². The van der Waals surface area contributed by atoms with Gasteiger partial charge >= 0.3 is 5.97 Å². The van der Waals surface area contributed by atoms with Crippen LogP contribution in [0.15, 0.2) is 29.8 Å². The van der Waals surface area contributed by atoms with Crippen LogP contribution in [0.2, 0.25) is 0 Å². The van der Waals surface area contributed by atoms with Gasteiger partial charge in [-0.2, -0.15) is 0 Å². The Morgan fingerprint density at radius 2 is 1.97 bits per heavy atom. The van der Waals surface area contributed by atoms with Gasteiger partial charge in [0, 0.05) is 12.3 Å². The number of hydrogen-bond donors (Lipinski definition) is 2. The Labute approximate surface area is 174 Å². The number of benzene rings is 1. The van der Waals surface area contributed by atoms with E-state index >= 15 is 0 Å². The zero-order chi connectivity index (χ0) is 22.0. The summed E-state index contributed by atoms with van der Waals surface area (Å²) in [5.74, 6) is -0.425. The first-order chi connectivity index (χ1) is 13.5. The van der Waals surface area contributed by atoms with Crippen molar-refractivity contribution < 1.29 is 24.5 Å². The first-order valence-corrected chi connectivity index (χ1v) is 10.4. The van der Waals surface area contributed by atoms with Crippen molar-refractivity contribution in [3.63, 3.8) is 0 Å². The van der Waals surface area contributed by atoms with Gasteiger partial charge in [-0.15, -0.1) is 0 Å². The molecule has 1 aliphatic carbocycles. The predicted molar refractivity (Wildman–Crippen MR) is 114 cm³/mol. The van der Waals surface area contributed by atoms with Gasteiger partial charge in [0.1, 0.15) is 6.10 Å². The van der Waals surface area contributed by atoms with E-state index < -0.39 is 17.7 Å². The zero-order valence-electron chi connectivity index (χ0n) is 18.8. The number of ether oxygens (including phenoxy) is 2. The number of phenols is 1. The van der Waals surface area contributed by atoms with E-state index in [1.165, 1.54) is 25.3 Å². The molecule has 3 atom stereocenters. The number of hydrogen-bond acceptors (Lipinski definition) is 5. The molecule has 29 heavy (non-hydrogen) atoms. The maximum atomic E-state index is 13.0. The number of aromatic hydroxyl groups is 1. The summed E-state index contributed by atoms with van der Waals surface area (Å²) in [6, 6.07) is 4.42. The summed E-state index contributed by atoms with van der Waals surface area (Å²) in [5.41, 5.74) is 0.367. The molecule has 0 aromatic heterocycles. The maximum Gasteiger partial charge on any atom is 0.338 e. The van der Waals surface area contributed by atoms with Gasteiger partial charge in [0.2, 0.25) is 0 Å². The molecule has 2 N–H and O–H groups in total. The van der Waals surface area contributed by atoms with Crippen LogP contribution in [0.3, 0.4) is 0 Å². The van der Waals surface area contributed by atoms with Crippen LogP contribution in [-0.4, -0.2) is 35.0 Å². The van der Waals surface area contributed by atoms with Crippen molar-refractivity contribution in [2.45, 2.75) is 72.5 Å². The van der Waals surface area contributed by atoms with Crippen molar-refractivity contribution in [3.05, 3.63) is 35.4 Å². The lowest BCUT2D eigenvalue weighted by molar-refractivity contribution is -0.111. The second kappa shape index (κ2) is 8.78. The number of methoxy groups -OCH3 is 1. The molecule has 1 aromatic carbocycles. The molecule has 0 spiro atoms. The van der Waals surface area contributed by atoms with Crippen LogP contribution in [0.4, 0.5) is 0 Å². The van der Waals surface area contributed by atoms with Crippen molar-refractivity contribution in [2.24, 2.45) is 17.3 Å². The minimum absolute atomic E-state index is 0.0310.